The van der Waals surface area contributed by atoms with Gasteiger partial charge in [0, 0.05) is 17.9 Å². The minimum Gasteiger partial charge on any atom is -0.474 e. The second-order valence-electron chi connectivity index (χ2n) is 9.66. The zero-order valence-electron chi connectivity index (χ0n) is 21.8. The molecular weight excluding hydrogens is 494 g/mol. The van der Waals surface area contributed by atoms with Crippen molar-refractivity contribution in [3.05, 3.63) is 89.4 Å². The Hall–Kier alpha value is -4.91. The number of ether oxygens (including phenoxy) is 1. The molecule has 1 atom stereocenters. The number of para-hydroxylation sites is 1. The summed E-state index contributed by atoms with van der Waals surface area (Å²) in [7, 11) is 0. The van der Waals surface area contributed by atoms with Gasteiger partial charge in [-0.2, -0.15) is 10.4 Å². The number of nitriles is 1. The molecule has 2 aromatic carbocycles. The lowest BCUT2D eigenvalue weighted by atomic mass is 9.78. The molecule has 3 aromatic rings. The van der Waals surface area contributed by atoms with Crippen LogP contribution in [0, 0.1) is 29.6 Å². The van der Waals surface area contributed by atoms with Crippen molar-refractivity contribution in [2.75, 3.05) is 5.32 Å². The largest absolute Gasteiger partial charge is 0.474 e. The van der Waals surface area contributed by atoms with Crippen molar-refractivity contribution in [3.63, 3.8) is 0 Å². The summed E-state index contributed by atoms with van der Waals surface area (Å²) >= 11 is 0. The van der Waals surface area contributed by atoms with Gasteiger partial charge in [-0.05, 0) is 75.4 Å². The van der Waals surface area contributed by atoms with E-state index in [0.717, 1.165) is 30.6 Å². The first kappa shape index (κ1) is 27.1. The lowest BCUT2D eigenvalue weighted by Crippen LogP contribution is -2.40. The fraction of sp³-hybridized carbons (Fsp3) is 0.276. The molecule has 0 radical (unpaired) electrons. The molecule has 1 saturated carbocycles. The molecule has 0 unspecified atom stereocenters. The summed E-state index contributed by atoms with van der Waals surface area (Å²) < 4.78 is 7.37. The van der Waals surface area contributed by atoms with E-state index in [0.29, 0.717) is 22.7 Å². The quantitative estimate of drug-likeness (QED) is 0.179. The first-order valence-corrected chi connectivity index (χ1v) is 12.7. The highest BCUT2D eigenvalue weighted by Crippen LogP contribution is 2.34. The van der Waals surface area contributed by atoms with Gasteiger partial charge in [0.1, 0.15) is 11.7 Å². The van der Waals surface area contributed by atoms with E-state index in [1.807, 2.05) is 44.2 Å². The number of carbonyl (C=O) groups excluding carboxylic acids is 2. The number of benzene rings is 2. The minimum atomic E-state index is -0.742. The Morgan fingerprint density at radius 1 is 1.23 bits per heavy atom. The Labute approximate surface area is 227 Å². The van der Waals surface area contributed by atoms with Crippen molar-refractivity contribution in [2.24, 2.45) is 11.7 Å². The van der Waals surface area contributed by atoms with Gasteiger partial charge in [-0.1, -0.05) is 18.2 Å². The highest BCUT2D eigenvalue weighted by Gasteiger charge is 2.33. The van der Waals surface area contributed by atoms with Gasteiger partial charge in [-0.3, -0.25) is 15.0 Å². The topological polar surface area (TPSA) is 159 Å². The van der Waals surface area contributed by atoms with Gasteiger partial charge in [0.15, 0.2) is 0 Å². The van der Waals surface area contributed by atoms with Crippen LogP contribution in [-0.4, -0.2) is 39.6 Å². The summed E-state index contributed by atoms with van der Waals surface area (Å²) in [4.78, 5) is 24.8. The van der Waals surface area contributed by atoms with E-state index in [1.54, 1.807) is 35.1 Å². The fourth-order valence-corrected chi connectivity index (χ4v) is 4.56. The van der Waals surface area contributed by atoms with Gasteiger partial charge in [0.05, 0.1) is 34.8 Å². The number of rotatable bonds is 10. The number of hydrogen-bond acceptors (Lipinski definition) is 7. The third-order valence-corrected chi connectivity index (χ3v) is 6.70. The monoisotopic (exact) mass is 525 g/mol. The van der Waals surface area contributed by atoms with E-state index in [1.165, 1.54) is 6.20 Å². The van der Waals surface area contributed by atoms with E-state index >= 15 is 0 Å². The third-order valence-electron chi connectivity index (χ3n) is 6.70. The summed E-state index contributed by atoms with van der Waals surface area (Å²) in [5.74, 6) is -0.876. The summed E-state index contributed by atoms with van der Waals surface area (Å²) in [6.45, 7) is 3.79. The molecule has 5 N–H and O–H groups in total. The van der Waals surface area contributed by atoms with Crippen LogP contribution in [0.2, 0.25) is 0 Å². The zero-order valence-corrected chi connectivity index (χ0v) is 21.8. The van der Waals surface area contributed by atoms with Gasteiger partial charge < -0.3 is 21.1 Å². The van der Waals surface area contributed by atoms with Gasteiger partial charge in [0.25, 0.3) is 11.8 Å². The number of nitrogens with two attached hydrogens (primary N) is 1. The molecule has 10 heteroatoms. The summed E-state index contributed by atoms with van der Waals surface area (Å²) in [6.07, 6.45) is 4.95. The molecule has 1 fully saturated rings. The Morgan fingerprint density at radius 3 is 2.56 bits per heavy atom. The molecule has 0 aliphatic heterocycles. The van der Waals surface area contributed by atoms with Crippen LogP contribution in [0.3, 0.4) is 0 Å². The number of aromatic nitrogens is 2. The second kappa shape index (κ2) is 12.1. The van der Waals surface area contributed by atoms with Crippen LogP contribution in [0.1, 0.15) is 47.8 Å². The van der Waals surface area contributed by atoms with Crippen molar-refractivity contribution in [1.82, 2.24) is 15.1 Å². The van der Waals surface area contributed by atoms with E-state index < -0.39 is 5.91 Å². The Bertz CT molecular complexity index is 1420. The van der Waals surface area contributed by atoms with Gasteiger partial charge in [0.2, 0.25) is 5.90 Å². The highest BCUT2D eigenvalue weighted by molar-refractivity contribution is 6.17. The molecule has 0 bridgehead atoms. The van der Waals surface area contributed by atoms with Crippen molar-refractivity contribution < 1.29 is 14.3 Å². The first-order valence-electron chi connectivity index (χ1n) is 12.7. The summed E-state index contributed by atoms with van der Waals surface area (Å²) in [6, 6.07) is 18.3. The number of primary amides is 1. The number of nitrogens with zero attached hydrogens (tertiary/aromatic N) is 3. The van der Waals surface area contributed by atoms with Crippen molar-refractivity contribution >= 4 is 23.4 Å². The third kappa shape index (κ3) is 6.70. The van der Waals surface area contributed by atoms with Crippen molar-refractivity contribution in [3.8, 4) is 11.8 Å². The lowest BCUT2D eigenvalue weighted by molar-refractivity contribution is -0.114. The first-order chi connectivity index (χ1) is 18.7. The SMILES string of the molecule is Cc1c(C(=O)N[C@@H](C)CC2CC(OC(=N)/C(=C\Nc3ccccc3)C(N)=O)C2)cnn1-c1ccc(C#N)cc1. The van der Waals surface area contributed by atoms with Crippen molar-refractivity contribution in [1.29, 1.82) is 10.7 Å². The van der Waals surface area contributed by atoms with E-state index in [9.17, 15) is 9.59 Å². The molecule has 0 saturated heterocycles. The molecule has 0 spiro atoms. The van der Waals surface area contributed by atoms with Crippen molar-refractivity contribution in [2.45, 2.75) is 45.3 Å². The number of carbonyl (C=O) groups is 2. The maximum absolute atomic E-state index is 12.9. The normalized spacial score (nSPS) is 17.3. The molecule has 4 rings (SSSR count). The Balaban J connectivity index is 1.25. The zero-order chi connectivity index (χ0) is 27.9. The highest BCUT2D eigenvalue weighted by atomic mass is 16.5. The van der Waals surface area contributed by atoms with E-state index in [-0.39, 0.29) is 29.5 Å². The Kier molecular flexibility index (Phi) is 8.41. The van der Waals surface area contributed by atoms with E-state index in [4.69, 9.17) is 21.1 Å². The lowest BCUT2D eigenvalue weighted by Gasteiger charge is -2.36. The molecule has 2 amide bonds. The Morgan fingerprint density at radius 2 is 1.92 bits per heavy atom. The number of nitrogens with one attached hydrogen (secondary N) is 3. The van der Waals surface area contributed by atoms with Crippen LogP contribution in [-0.2, 0) is 9.53 Å². The molecule has 1 heterocycles. The summed E-state index contributed by atoms with van der Waals surface area (Å²) in [5.41, 5.74) is 8.72. The molecular formula is C29H31N7O3. The minimum absolute atomic E-state index is 0.0279. The fourth-order valence-electron chi connectivity index (χ4n) is 4.56. The van der Waals surface area contributed by atoms with Crippen LogP contribution in [0.25, 0.3) is 5.69 Å². The van der Waals surface area contributed by atoms with Crippen LogP contribution in [0.15, 0.2) is 72.6 Å². The standard InChI is InChI=1S/C29H31N7O3/c1-18(35-29(38)25-17-34-36(19(25)2)23-10-8-20(15-30)9-11-23)12-21-13-24(14-21)39-28(32)26(27(31)37)16-33-22-6-4-3-5-7-22/h3-11,16-18,21,24,32-33H,12-14H2,1-2H3,(H2,31,37)(H,35,38)/b26-16-,32-28?/t18-,21?,24?/m0/s1. The maximum Gasteiger partial charge on any atom is 0.255 e. The molecule has 200 valence electrons. The van der Waals surface area contributed by atoms with Gasteiger partial charge in [-0.15, -0.1) is 0 Å². The van der Waals surface area contributed by atoms with Gasteiger partial charge in [-0.25, -0.2) is 4.68 Å². The van der Waals surface area contributed by atoms with Crippen LogP contribution in [0.5, 0.6) is 0 Å². The molecule has 10 nitrogen and oxygen atoms in total. The maximum atomic E-state index is 12.9. The molecule has 39 heavy (non-hydrogen) atoms. The van der Waals surface area contributed by atoms with Gasteiger partial charge >= 0.3 is 0 Å². The van der Waals surface area contributed by atoms with Crippen LogP contribution < -0.4 is 16.4 Å². The van der Waals surface area contributed by atoms with E-state index in [2.05, 4.69) is 21.8 Å². The molecule has 1 aliphatic carbocycles. The second-order valence-corrected chi connectivity index (χ2v) is 9.66. The summed E-state index contributed by atoms with van der Waals surface area (Å²) in [5, 5.41) is 27.5. The van der Waals surface area contributed by atoms with Crippen LogP contribution in [0.4, 0.5) is 5.69 Å². The average Bonchev–Trinajstić information content (AvgIpc) is 3.29. The molecule has 1 aliphatic rings. The number of hydrogen-bond donors (Lipinski definition) is 4. The predicted octanol–water partition coefficient (Wildman–Crippen LogP) is 3.81. The smallest absolute Gasteiger partial charge is 0.255 e. The number of amides is 2. The molecule has 1 aromatic heterocycles. The number of anilines is 1. The predicted molar refractivity (Wildman–Crippen MR) is 147 cm³/mol. The average molecular weight is 526 g/mol. The van der Waals surface area contributed by atoms with Crippen LogP contribution >= 0.6 is 0 Å².